The van der Waals surface area contributed by atoms with E-state index >= 15 is 0 Å². The first-order chi connectivity index (χ1) is 8.49. The molecule has 3 N–H and O–H groups in total. The van der Waals surface area contributed by atoms with E-state index in [9.17, 15) is 14.4 Å². The molecular formula is C9H13N5O4. The number of amides is 2. The summed E-state index contributed by atoms with van der Waals surface area (Å²) in [6.45, 7) is -0.713. The molecule has 0 radical (unpaired) electrons. The second-order valence-electron chi connectivity index (χ2n) is 3.53. The minimum absolute atomic E-state index is 0.0178. The maximum absolute atomic E-state index is 11.7. The van der Waals surface area contributed by atoms with Gasteiger partial charge in [0.05, 0.1) is 19.3 Å². The number of carboxylic acid groups (broad SMARTS) is 1. The van der Waals surface area contributed by atoms with E-state index in [0.29, 0.717) is 0 Å². The monoisotopic (exact) mass is 255 g/mol. The fourth-order valence-electron chi connectivity index (χ4n) is 1.30. The summed E-state index contributed by atoms with van der Waals surface area (Å²) in [5.41, 5.74) is 4.94. The molecule has 98 valence electrons. The molecule has 0 aliphatic heterocycles. The molecule has 1 rings (SSSR count). The normalized spacial score (nSPS) is 10.0. The Labute approximate surface area is 102 Å². The SMILES string of the molecule is NC(=O)CN(CC(=O)O)C(=O)CCn1ccnn1. The van der Waals surface area contributed by atoms with Gasteiger partial charge in [-0.05, 0) is 0 Å². The Balaban J connectivity index is 2.52. The minimum Gasteiger partial charge on any atom is -0.480 e. The Hall–Kier alpha value is -2.45. The van der Waals surface area contributed by atoms with Crippen molar-refractivity contribution >= 4 is 17.8 Å². The number of aromatic nitrogens is 3. The number of rotatable bonds is 7. The zero-order chi connectivity index (χ0) is 13.5. The summed E-state index contributed by atoms with van der Waals surface area (Å²) < 4.78 is 1.43. The van der Waals surface area contributed by atoms with Gasteiger partial charge in [0.25, 0.3) is 0 Å². The van der Waals surface area contributed by atoms with E-state index in [2.05, 4.69) is 10.3 Å². The molecule has 0 bridgehead atoms. The van der Waals surface area contributed by atoms with Crippen molar-refractivity contribution in [2.45, 2.75) is 13.0 Å². The number of hydrogen-bond donors (Lipinski definition) is 2. The van der Waals surface area contributed by atoms with Crippen molar-refractivity contribution in [3.05, 3.63) is 12.4 Å². The van der Waals surface area contributed by atoms with E-state index in [1.54, 1.807) is 6.20 Å². The highest BCUT2D eigenvalue weighted by molar-refractivity contribution is 5.86. The van der Waals surface area contributed by atoms with Crippen LogP contribution < -0.4 is 5.73 Å². The maximum atomic E-state index is 11.7. The maximum Gasteiger partial charge on any atom is 0.323 e. The molecule has 1 heterocycles. The summed E-state index contributed by atoms with van der Waals surface area (Å²) >= 11 is 0. The lowest BCUT2D eigenvalue weighted by molar-refractivity contribution is -0.145. The lowest BCUT2D eigenvalue weighted by Gasteiger charge is -2.18. The molecule has 0 atom stereocenters. The Kier molecular flexibility index (Phi) is 4.78. The molecule has 0 saturated heterocycles. The zero-order valence-electron chi connectivity index (χ0n) is 9.52. The van der Waals surface area contributed by atoms with Crippen molar-refractivity contribution in [3.63, 3.8) is 0 Å². The third kappa shape index (κ3) is 4.60. The van der Waals surface area contributed by atoms with Gasteiger partial charge in [-0.1, -0.05) is 5.21 Å². The highest BCUT2D eigenvalue weighted by atomic mass is 16.4. The van der Waals surface area contributed by atoms with Crippen LogP contribution >= 0.6 is 0 Å². The first-order valence-electron chi connectivity index (χ1n) is 5.11. The fraction of sp³-hybridized carbons (Fsp3) is 0.444. The van der Waals surface area contributed by atoms with Gasteiger partial charge >= 0.3 is 5.97 Å². The Morgan fingerprint density at radius 2 is 2.06 bits per heavy atom. The topological polar surface area (TPSA) is 131 Å². The van der Waals surface area contributed by atoms with Crippen LogP contribution in [0.5, 0.6) is 0 Å². The molecule has 0 fully saturated rings. The standard InChI is InChI=1S/C9H13N5O4/c10-7(15)5-13(6-9(17)18)8(16)1-3-14-4-2-11-12-14/h2,4H,1,3,5-6H2,(H2,10,15)(H,17,18). The van der Waals surface area contributed by atoms with Crippen LogP contribution in [-0.4, -0.2) is 55.9 Å². The van der Waals surface area contributed by atoms with Crippen molar-refractivity contribution in [2.75, 3.05) is 13.1 Å². The van der Waals surface area contributed by atoms with Gasteiger partial charge in [-0.2, -0.15) is 0 Å². The number of nitrogens with zero attached hydrogens (tertiary/aromatic N) is 4. The molecule has 18 heavy (non-hydrogen) atoms. The van der Waals surface area contributed by atoms with Crippen LogP contribution in [-0.2, 0) is 20.9 Å². The summed E-state index contributed by atoms with van der Waals surface area (Å²) in [5, 5.41) is 15.8. The number of primary amides is 1. The van der Waals surface area contributed by atoms with E-state index in [4.69, 9.17) is 10.8 Å². The summed E-state index contributed by atoms with van der Waals surface area (Å²) in [7, 11) is 0. The van der Waals surface area contributed by atoms with Crippen LogP contribution in [0.3, 0.4) is 0 Å². The van der Waals surface area contributed by atoms with Crippen LogP contribution in [0.1, 0.15) is 6.42 Å². The van der Waals surface area contributed by atoms with Gasteiger partial charge in [0.1, 0.15) is 6.54 Å². The molecule has 0 spiro atoms. The number of carbonyl (C=O) groups excluding carboxylic acids is 2. The number of carbonyl (C=O) groups is 3. The van der Waals surface area contributed by atoms with E-state index in [0.717, 1.165) is 4.90 Å². The molecule has 9 nitrogen and oxygen atoms in total. The average molecular weight is 255 g/mol. The number of aliphatic carboxylic acids is 1. The third-order valence-electron chi connectivity index (χ3n) is 2.05. The molecule has 0 aliphatic rings. The predicted molar refractivity (Wildman–Crippen MR) is 58.0 cm³/mol. The first kappa shape index (κ1) is 13.6. The minimum atomic E-state index is -1.20. The molecule has 0 aliphatic carbocycles. The van der Waals surface area contributed by atoms with Crippen molar-refractivity contribution in [2.24, 2.45) is 5.73 Å². The molecule has 1 aromatic rings. The van der Waals surface area contributed by atoms with Gasteiger partial charge in [-0.25, -0.2) is 0 Å². The average Bonchev–Trinajstić information content (AvgIpc) is 2.76. The van der Waals surface area contributed by atoms with Gasteiger partial charge in [0.15, 0.2) is 0 Å². The number of nitrogens with two attached hydrogens (primary N) is 1. The highest BCUT2D eigenvalue weighted by Crippen LogP contribution is 1.97. The number of hydrogen-bond acceptors (Lipinski definition) is 5. The van der Waals surface area contributed by atoms with E-state index in [1.165, 1.54) is 10.9 Å². The van der Waals surface area contributed by atoms with Crippen molar-refractivity contribution < 1.29 is 19.5 Å². The summed E-state index contributed by atoms with van der Waals surface area (Å²) in [6, 6.07) is 0. The summed E-state index contributed by atoms with van der Waals surface area (Å²) in [5.74, 6) is -2.44. The summed E-state index contributed by atoms with van der Waals surface area (Å²) in [4.78, 5) is 33.9. The zero-order valence-corrected chi connectivity index (χ0v) is 9.52. The number of aryl methyl sites for hydroxylation is 1. The fourth-order valence-corrected chi connectivity index (χ4v) is 1.30. The largest absolute Gasteiger partial charge is 0.480 e. The van der Waals surface area contributed by atoms with Crippen LogP contribution in [0.25, 0.3) is 0 Å². The lowest BCUT2D eigenvalue weighted by atomic mass is 10.3. The Bertz CT molecular complexity index is 414. The lowest BCUT2D eigenvalue weighted by Crippen LogP contribution is -2.41. The van der Waals surface area contributed by atoms with Crippen LogP contribution in [0.15, 0.2) is 12.4 Å². The molecule has 0 unspecified atom stereocenters. The molecule has 9 heteroatoms. The summed E-state index contributed by atoms with van der Waals surface area (Å²) in [6.07, 6.45) is 3.05. The van der Waals surface area contributed by atoms with E-state index < -0.39 is 30.9 Å². The second kappa shape index (κ2) is 6.33. The Morgan fingerprint density at radius 3 is 2.56 bits per heavy atom. The quantitative estimate of drug-likeness (QED) is 0.583. The van der Waals surface area contributed by atoms with E-state index in [1.807, 2.05) is 0 Å². The number of carboxylic acids is 1. The molecule has 2 amide bonds. The van der Waals surface area contributed by atoms with Gasteiger partial charge in [-0.15, -0.1) is 5.10 Å². The molecular weight excluding hydrogens is 242 g/mol. The molecule has 1 aromatic heterocycles. The molecule has 0 saturated carbocycles. The van der Waals surface area contributed by atoms with E-state index in [-0.39, 0.29) is 13.0 Å². The smallest absolute Gasteiger partial charge is 0.323 e. The molecule has 0 aromatic carbocycles. The predicted octanol–water partition coefficient (Wildman–Crippen LogP) is -1.93. The van der Waals surface area contributed by atoms with Crippen molar-refractivity contribution in [1.82, 2.24) is 19.9 Å². The first-order valence-corrected chi connectivity index (χ1v) is 5.11. The van der Waals surface area contributed by atoms with Gasteiger partial charge in [0, 0.05) is 12.6 Å². The second-order valence-corrected chi connectivity index (χ2v) is 3.53. The van der Waals surface area contributed by atoms with Crippen LogP contribution in [0.2, 0.25) is 0 Å². The highest BCUT2D eigenvalue weighted by Gasteiger charge is 2.18. The van der Waals surface area contributed by atoms with Gasteiger partial charge < -0.3 is 15.7 Å². The van der Waals surface area contributed by atoms with Gasteiger partial charge in [-0.3, -0.25) is 19.1 Å². The third-order valence-corrected chi connectivity index (χ3v) is 2.05. The Morgan fingerprint density at radius 1 is 1.33 bits per heavy atom. The van der Waals surface area contributed by atoms with Crippen molar-refractivity contribution in [3.8, 4) is 0 Å². The van der Waals surface area contributed by atoms with Crippen molar-refractivity contribution in [1.29, 1.82) is 0 Å². The van der Waals surface area contributed by atoms with Crippen LogP contribution in [0.4, 0.5) is 0 Å². The van der Waals surface area contributed by atoms with Gasteiger partial charge in [0.2, 0.25) is 11.8 Å². The van der Waals surface area contributed by atoms with Crippen LogP contribution in [0, 0.1) is 0 Å².